The summed E-state index contributed by atoms with van der Waals surface area (Å²) in [7, 11) is 3.44. The molecule has 1 aliphatic rings. The van der Waals surface area contributed by atoms with E-state index in [-0.39, 0.29) is 0 Å². The lowest BCUT2D eigenvalue weighted by molar-refractivity contribution is 0.131. The minimum absolute atomic E-state index is 0.890. The highest BCUT2D eigenvalue weighted by atomic mass is 16.5. The molecule has 1 fully saturated rings. The van der Waals surface area contributed by atoms with E-state index in [9.17, 15) is 0 Å². The molecule has 1 heterocycles. The van der Waals surface area contributed by atoms with Crippen molar-refractivity contribution in [2.45, 2.75) is 20.4 Å². The molecule has 0 N–H and O–H groups in total. The average Bonchev–Trinajstić information content (AvgIpc) is 2.48. The van der Waals surface area contributed by atoms with Crippen LogP contribution in [0.15, 0.2) is 12.1 Å². The summed E-state index contributed by atoms with van der Waals surface area (Å²) in [5, 5.41) is 0. The molecule has 0 spiro atoms. The predicted octanol–water partition coefficient (Wildman–Crippen LogP) is 2.15. The zero-order valence-electron chi connectivity index (χ0n) is 13.1. The molecule has 4 nitrogen and oxygen atoms in total. The lowest BCUT2D eigenvalue weighted by atomic mass is 10.1. The minimum Gasteiger partial charge on any atom is -0.496 e. The van der Waals surface area contributed by atoms with Crippen molar-refractivity contribution in [3.05, 3.63) is 23.3 Å². The number of piperazine rings is 1. The minimum atomic E-state index is 0.890. The number of rotatable bonds is 5. The second-order valence-electron chi connectivity index (χ2n) is 5.30. The first-order valence-electron chi connectivity index (χ1n) is 7.34. The van der Waals surface area contributed by atoms with Crippen molar-refractivity contribution in [3.8, 4) is 11.5 Å². The Balaban J connectivity index is 2.08. The fourth-order valence-corrected chi connectivity index (χ4v) is 2.86. The molecular weight excluding hydrogens is 252 g/mol. The standard InChI is InChI=1S/C16H26N2O2/c1-5-17-8-10-18(11-9-17)12-14-6-7-15(19-3)13(2)16(14)20-4/h6-7H,5,8-12H2,1-4H3. The van der Waals surface area contributed by atoms with Gasteiger partial charge in [0, 0.05) is 43.9 Å². The first kappa shape index (κ1) is 15.1. The Morgan fingerprint density at radius 2 is 1.65 bits per heavy atom. The topological polar surface area (TPSA) is 24.9 Å². The SMILES string of the molecule is CCN1CCN(Cc2ccc(OC)c(C)c2OC)CC1. The summed E-state index contributed by atoms with van der Waals surface area (Å²) in [5.41, 5.74) is 2.33. The highest BCUT2D eigenvalue weighted by Gasteiger charge is 2.18. The number of likely N-dealkylation sites (N-methyl/N-ethyl adjacent to an activating group) is 1. The van der Waals surface area contributed by atoms with Crippen LogP contribution in [0.2, 0.25) is 0 Å². The zero-order chi connectivity index (χ0) is 14.5. The van der Waals surface area contributed by atoms with Crippen molar-refractivity contribution in [2.24, 2.45) is 0 Å². The van der Waals surface area contributed by atoms with Crippen molar-refractivity contribution in [2.75, 3.05) is 46.9 Å². The van der Waals surface area contributed by atoms with Gasteiger partial charge in [-0.1, -0.05) is 13.0 Å². The van der Waals surface area contributed by atoms with Crippen LogP contribution in [0.1, 0.15) is 18.1 Å². The normalized spacial score (nSPS) is 17.2. The fourth-order valence-electron chi connectivity index (χ4n) is 2.86. The number of nitrogens with zero attached hydrogens (tertiary/aromatic N) is 2. The first-order valence-corrected chi connectivity index (χ1v) is 7.34. The molecule has 0 saturated carbocycles. The lowest BCUT2D eigenvalue weighted by Crippen LogP contribution is -2.45. The van der Waals surface area contributed by atoms with Gasteiger partial charge >= 0.3 is 0 Å². The van der Waals surface area contributed by atoms with Crippen molar-refractivity contribution < 1.29 is 9.47 Å². The van der Waals surface area contributed by atoms with Crippen molar-refractivity contribution in [1.82, 2.24) is 9.80 Å². The number of ether oxygens (including phenoxy) is 2. The molecule has 4 heteroatoms. The van der Waals surface area contributed by atoms with Crippen LogP contribution >= 0.6 is 0 Å². The van der Waals surface area contributed by atoms with Crippen LogP contribution in [0.5, 0.6) is 11.5 Å². The van der Waals surface area contributed by atoms with Crippen LogP contribution in [0, 0.1) is 6.92 Å². The van der Waals surface area contributed by atoms with Crippen LogP contribution in [0.25, 0.3) is 0 Å². The van der Waals surface area contributed by atoms with Gasteiger partial charge in [-0.3, -0.25) is 4.90 Å². The first-order chi connectivity index (χ1) is 9.69. The van der Waals surface area contributed by atoms with Crippen molar-refractivity contribution >= 4 is 0 Å². The van der Waals surface area contributed by atoms with Crippen molar-refractivity contribution in [1.29, 1.82) is 0 Å². The van der Waals surface area contributed by atoms with Gasteiger partial charge in [0.1, 0.15) is 11.5 Å². The second kappa shape index (κ2) is 6.95. The Morgan fingerprint density at radius 1 is 1.00 bits per heavy atom. The van der Waals surface area contributed by atoms with E-state index in [0.717, 1.165) is 56.3 Å². The van der Waals surface area contributed by atoms with E-state index in [0.29, 0.717) is 0 Å². The van der Waals surface area contributed by atoms with E-state index in [1.807, 2.05) is 6.07 Å². The Labute approximate surface area is 122 Å². The summed E-state index contributed by atoms with van der Waals surface area (Å²) in [6, 6.07) is 4.16. The van der Waals surface area contributed by atoms with E-state index in [1.54, 1.807) is 14.2 Å². The maximum absolute atomic E-state index is 5.59. The van der Waals surface area contributed by atoms with Gasteiger partial charge in [-0.25, -0.2) is 0 Å². The van der Waals surface area contributed by atoms with Gasteiger partial charge in [-0.15, -0.1) is 0 Å². The van der Waals surface area contributed by atoms with Gasteiger partial charge in [0.05, 0.1) is 14.2 Å². The largest absolute Gasteiger partial charge is 0.496 e. The maximum atomic E-state index is 5.59. The molecule has 1 aromatic rings. The van der Waals surface area contributed by atoms with Crippen LogP contribution in [-0.4, -0.2) is 56.7 Å². The van der Waals surface area contributed by atoms with Crippen LogP contribution in [0.3, 0.4) is 0 Å². The molecule has 0 bridgehead atoms. The molecule has 2 rings (SSSR count). The quantitative estimate of drug-likeness (QED) is 0.824. The van der Waals surface area contributed by atoms with Gasteiger partial charge < -0.3 is 14.4 Å². The van der Waals surface area contributed by atoms with Gasteiger partial charge in [-0.2, -0.15) is 0 Å². The van der Waals surface area contributed by atoms with Gasteiger partial charge in [-0.05, 0) is 19.5 Å². The molecule has 0 unspecified atom stereocenters. The highest BCUT2D eigenvalue weighted by Crippen LogP contribution is 2.32. The van der Waals surface area contributed by atoms with Crippen LogP contribution in [0.4, 0.5) is 0 Å². The number of methoxy groups -OCH3 is 2. The van der Waals surface area contributed by atoms with Crippen LogP contribution in [-0.2, 0) is 6.54 Å². The summed E-state index contributed by atoms with van der Waals surface area (Å²) in [4.78, 5) is 4.99. The summed E-state index contributed by atoms with van der Waals surface area (Å²) in [6.45, 7) is 11.0. The third kappa shape index (κ3) is 3.25. The lowest BCUT2D eigenvalue weighted by Gasteiger charge is -2.34. The van der Waals surface area contributed by atoms with Gasteiger partial charge in [0.2, 0.25) is 0 Å². The smallest absolute Gasteiger partial charge is 0.129 e. The predicted molar refractivity (Wildman–Crippen MR) is 81.7 cm³/mol. The summed E-state index contributed by atoms with van der Waals surface area (Å²) in [5.74, 6) is 1.85. The van der Waals surface area contributed by atoms with Gasteiger partial charge in [0.25, 0.3) is 0 Å². The van der Waals surface area contributed by atoms with E-state index in [1.165, 1.54) is 5.56 Å². The van der Waals surface area contributed by atoms with E-state index in [4.69, 9.17) is 9.47 Å². The Hall–Kier alpha value is -1.26. The summed E-state index contributed by atoms with van der Waals surface area (Å²) < 4.78 is 10.9. The molecule has 1 aliphatic heterocycles. The molecule has 1 saturated heterocycles. The van der Waals surface area contributed by atoms with Gasteiger partial charge in [0.15, 0.2) is 0 Å². The zero-order valence-corrected chi connectivity index (χ0v) is 13.1. The third-order valence-corrected chi connectivity index (χ3v) is 4.17. The molecule has 112 valence electrons. The Bertz CT molecular complexity index is 440. The van der Waals surface area contributed by atoms with Crippen molar-refractivity contribution in [3.63, 3.8) is 0 Å². The average molecular weight is 278 g/mol. The number of hydrogen-bond donors (Lipinski definition) is 0. The molecule has 0 aromatic heterocycles. The van der Waals surface area contributed by atoms with E-state index in [2.05, 4.69) is 29.7 Å². The second-order valence-corrected chi connectivity index (χ2v) is 5.30. The molecular formula is C16H26N2O2. The van der Waals surface area contributed by atoms with E-state index < -0.39 is 0 Å². The Kier molecular flexibility index (Phi) is 5.26. The molecule has 0 amide bonds. The third-order valence-electron chi connectivity index (χ3n) is 4.17. The molecule has 1 aromatic carbocycles. The van der Waals surface area contributed by atoms with Crippen LogP contribution < -0.4 is 9.47 Å². The number of benzene rings is 1. The number of hydrogen-bond acceptors (Lipinski definition) is 4. The molecule has 0 aliphatic carbocycles. The van der Waals surface area contributed by atoms with E-state index >= 15 is 0 Å². The molecule has 0 radical (unpaired) electrons. The Morgan fingerprint density at radius 3 is 2.20 bits per heavy atom. The molecule has 20 heavy (non-hydrogen) atoms. The summed E-state index contributed by atoms with van der Waals surface area (Å²) in [6.07, 6.45) is 0. The summed E-state index contributed by atoms with van der Waals surface area (Å²) >= 11 is 0. The monoisotopic (exact) mass is 278 g/mol. The molecule has 0 atom stereocenters. The maximum Gasteiger partial charge on any atom is 0.129 e. The fraction of sp³-hybridized carbons (Fsp3) is 0.625. The highest BCUT2D eigenvalue weighted by molar-refractivity contribution is 5.49.